The van der Waals surface area contributed by atoms with Crippen LogP contribution in [0.2, 0.25) is 0 Å². The number of carbonyl (C=O) groups is 1. The van der Waals surface area contributed by atoms with E-state index in [2.05, 4.69) is 17.1 Å². The van der Waals surface area contributed by atoms with Crippen LogP contribution in [-0.2, 0) is 11.2 Å². The molecule has 0 N–H and O–H groups in total. The fourth-order valence-electron chi connectivity index (χ4n) is 3.80. The van der Waals surface area contributed by atoms with E-state index >= 15 is 0 Å². The molecule has 2 aliphatic rings. The van der Waals surface area contributed by atoms with Crippen LogP contribution in [0.5, 0.6) is 0 Å². The summed E-state index contributed by atoms with van der Waals surface area (Å²) >= 11 is 0. The summed E-state index contributed by atoms with van der Waals surface area (Å²) in [7, 11) is 0. The van der Waals surface area contributed by atoms with E-state index in [1.54, 1.807) is 0 Å². The Morgan fingerprint density at radius 2 is 1.50 bits per heavy atom. The fourth-order valence-corrected chi connectivity index (χ4v) is 3.80. The zero-order chi connectivity index (χ0) is 17.5. The summed E-state index contributed by atoms with van der Waals surface area (Å²) < 4.78 is 6.17. The highest BCUT2D eigenvalue weighted by Crippen LogP contribution is 2.39. The zero-order valence-corrected chi connectivity index (χ0v) is 14.2. The summed E-state index contributed by atoms with van der Waals surface area (Å²) in [6.07, 6.45) is 0.869. The molecule has 0 saturated heterocycles. The Labute approximate surface area is 152 Å². The zero-order valence-electron chi connectivity index (χ0n) is 14.2. The number of fused-ring (bicyclic) bond motifs is 3. The number of rotatable bonds is 3. The highest BCUT2D eigenvalue weighted by molar-refractivity contribution is 6.24. The molecule has 3 nitrogen and oxygen atoms in total. The number of carbonyl (C=O) groups excluding carboxylic acids is 1. The van der Waals surface area contributed by atoms with Gasteiger partial charge in [0, 0.05) is 28.7 Å². The Morgan fingerprint density at radius 1 is 0.808 bits per heavy atom. The van der Waals surface area contributed by atoms with Crippen molar-refractivity contribution in [2.75, 3.05) is 6.54 Å². The molecule has 26 heavy (non-hydrogen) atoms. The van der Waals surface area contributed by atoms with E-state index in [9.17, 15) is 4.79 Å². The van der Waals surface area contributed by atoms with Crippen LogP contribution in [-0.4, -0.2) is 24.3 Å². The first-order chi connectivity index (χ1) is 12.8. The summed E-state index contributed by atoms with van der Waals surface area (Å²) in [5, 5.41) is 0. The smallest absolute Gasteiger partial charge is 0.217 e. The van der Waals surface area contributed by atoms with Crippen molar-refractivity contribution in [3.63, 3.8) is 0 Å². The molecule has 0 fully saturated rings. The summed E-state index contributed by atoms with van der Waals surface area (Å²) in [6.45, 7) is 0.642. The molecule has 5 rings (SSSR count). The van der Waals surface area contributed by atoms with Crippen molar-refractivity contribution in [3.05, 3.63) is 95.1 Å². The van der Waals surface area contributed by atoms with Gasteiger partial charge in [0.2, 0.25) is 5.90 Å². The molecule has 0 amide bonds. The number of nitrogens with zero attached hydrogens (tertiary/aromatic N) is 1. The van der Waals surface area contributed by atoms with Crippen molar-refractivity contribution >= 4 is 11.7 Å². The minimum Gasteiger partial charge on any atom is -0.472 e. The summed E-state index contributed by atoms with van der Waals surface area (Å²) in [5.74, 6) is 0.726. The lowest BCUT2D eigenvalue weighted by molar-refractivity contribution is 0.104. The van der Waals surface area contributed by atoms with Crippen LogP contribution in [0.4, 0.5) is 0 Å². The van der Waals surface area contributed by atoms with Crippen LogP contribution in [0.15, 0.2) is 77.8 Å². The number of hydrogen-bond acceptors (Lipinski definition) is 3. The van der Waals surface area contributed by atoms with Gasteiger partial charge in [-0.1, -0.05) is 66.7 Å². The molecule has 3 aromatic carbocycles. The third-order valence-corrected chi connectivity index (χ3v) is 5.00. The molecule has 1 aliphatic heterocycles. The molecular formula is C23H17NO2. The molecule has 0 radical (unpaired) electrons. The molecule has 3 heteroatoms. The Morgan fingerprint density at radius 3 is 2.35 bits per heavy atom. The molecule has 0 saturated carbocycles. The van der Waals surface area contributed by atoms with Gasteiger partial charge in [0.25, 0.3) is 0 Å². The molecule has 0 aromatic heterocycles. The van der Waals surface area contributed by atoms with Gasteiger partial charge in [0.05, 0.1) is 6.54 Å². The van der Waals surface area contributed by atoms with Crippen LogP contribution >= 0.6 is 0 Å². The number of ether oxygens (including phenoxy) is 1. The highest BCUT2D eigenvalue weighted by Gasteiger charge is 2.31. The Balaban J connectivity index is 1.48. The maximum absolute atomic E-state index is 12.7. The first-order valence-corrected chi connectivity index (χ1v) is 8.84. The molecule has 0 spiro atoms. The van der Waals surface area contributed by atoms with Crippen LogP contribution in [0.1, 0.15) is 27.0 Å². The van der Waals surface area contributed by atoms with Gasteiger partial charge in [-0.2, -0.15) is 0 Å². The second-order valence-corrected chi connectivity index (χ2v) is 6.68. The van der Waals surface area contributed by atoms with Crippen molar-refractivity contribution < 1.29 is 9.53 Å². The Hall–Kier alpha value is -3.20. The molecule has 1 heterocycles. The van der Waals surface area contributed by atoms with E-state index in [1.807, 2.05) is 60.7 Å². The molecule has 126 valence electrons. The third-order valence-electron chi connectivity index (χ3n) is 5.00. The maximum atomic E-state index is 12.7. The van der Waals surface area contributed by atoms with E-state index in [0.29, 0.717) is 12.4 Å². The van der Waals surface area contributed by atoms with Gasteiger partial charge < -0.3 is 4.74 Å². The standard InChI is InChI=1S/C23H17NO2/c25-22-18-10-5-4-9-17(18)21-19(22)11-6-12-20(21)23-24-14-16(26-23)13-15-7-2-1-3-8-15/h1-12,16H,13-14H2/t16-/m0/s1. The van der Waals surface area contributed by atoms with Crippen molar-refractivity contribution in [3.8, 4) is 11.1 Å². The average Bonchev–Trinajstić information content (AvgIpc) is 3.26. The van der Waals surface area contributed by atoms with Crippen LogP contribution in [0.25, 0.3) is 11.1 Å². The molecule has 0 unspecified atom stereocenters. The molecule has 1 atom stereocenters. The Bertz CT molecular complexity index is 1040. The average molecular weight is 339 g/mol. The summed E-state index contributed by atoms with van der Waals surface area (Å²) in [6, 6.07) is 23.9. The molecule has 1 aliphatic carbocycles. The number of ketones is 1. The number of aliphatic imine (C=N–C) groups is 1. The van der Waals surface area contributed by atoms with E-state index in [0.717, 1.165) is 34.2 Å². The normalized spacial score (nSPS) is 17.5. The highest BCUT2D eigenvalue weighted by atomic mass is 16.5. The third kappa shape index (κ3) is 2.36. The van der Waals surface area contributed by atoms with Crippen LogP contribution in [0.3, 0.4) is 0 Å². The SMILES string of the molecule is O=C1c2ccccc2-c2c1cccc2C1=NC[C@H](Cc2ccccc2)O1. The van der Waals surface area contributed by atoms with Gasteiger partial charge in [0.1, 0.15) is 6.10 Å². The second kappa shape index (κ2) is 5.95. The fraction of sp³-hybridized carbons (Fsp3) is 0.130. The predicted molar refractivity (Wildman–Crippen MR) is 102 cm³/mol. The van der Waals surface area contributed by atoms with Gasteiger partial charge >= 0.3 is 0 Å². The lowest BCUT2D eigenvalue weighted by atomic mass is 9.99. The number of hydrogen-bond donors (Lipinski definition) is 0. The van der Waals surface area contributed by atoms with E-state index in [1.165, 1.54) is 5.56 Å². The van der Waals surface area contributed by atoms with Gasteiger partial charge in [-0.15, -0.1) is 0 Å². The van der Waals surface area contributed by atoms with Crippen molar-refractivity contribution in [1.29, 1.82) is 0 Å². The summed E-state index contributed by atoms with van der Waals surface area (Å²) in [5.41, 5.74) is 5.58. The lowest BCUT2D eigenvalue weighted by Gasteiger charge is -2.13. The van der Waals surface area contributed by atoms with Crippen molar-refractivity contribution in [2.45, 2.75) is 12.5 Å². The van der Waals surface area contributed by atoms with Crippen molar-refractivity contribution in [2.24, 2.45) is 4.99 Å². The quantitative estimate of drug-likeness (QED) is 0.559. The molecular weight excluding hydrogens is 322 g/mol. The monoisotopic (exact) mass is 339 g/mol. The minimum absolute atomic E-state index is 0.0376. The van der Waals surface area contributed by atoms with Gasteiger partial charge in [0.15, 0.2) is 5.78 Å². The number of benzene rings is 3. The van der Waals surface area contributed by atoms with Gasteiger partial charge in [-0.3, -0.25) is 4.79 Å². The summed E-state index contributed by atoms with van der Waals surface area (Å²) in [4.78, 5) is 17.3. The first kappa shape index (κ1) is 15.1. The molecule has 3 aromatic rings. The van der Waals surface area contributed by atoms with E-state index in [4.69, 9.17) is 4.74 Å². The predicted octanol–water partition coefficient (Wildman–Crippen LogP) is 4.29. The topological polar surface area (TPSA) is 38.7 Å². The first-order valence-electron chi connectivity index (χ1n) is 8.84. The van der Waals surface area contributed by atoms with Gasteiger partial charge in [-0.25, -0.2) is 4.99 Å². The van der Waals surface area contributed by atoms with Crippen LogP contribution in [0, 0.1) is 0 Å². The molecule has 0 bridgehead atoms. The van der Waals surface area contributed by atoms with Crippen molar-refractivity contribution in [1.82, 2.24) is 0 Å². The largest absolute Gasteiger partial charge is 0.472 e. The van der Waals surface area contributed by atoms with Gasteiger partial charge in [-0.05, 0) is 17.2 Å². The van der Waals surface area contributed by atoms with E-state index in [-0.39, 0.29) is 11.9 Å². The van der Waals surface area contributed by atoms with Crippen LogP contribution < -0.4 is 0 Å². The lowest BCUT2D eigenvalue weighted by Crippen LogP contribution is -2.17. The minimum atomic E-state index is 0.0376. The maximum Gasteiger partial charge on any atom is 0.217 e. The van der Waals surface area contributed by atoms with E-state index < -0.39 is 0 Å². The Kier molecular flexibility index (Phi) is 3.45. The second-order valence-electron chi connectivity index (χ2n) is 6.68.